The van der Waals surface area contributed by atoms with Gasteiger partial charge in [0.05, 0.1) is 18.6 Å². The van der Waals surface area contributed by atoms with Crippen LogP contribution in [0.3, 0.4) is 0 Å². The zero-order valence-electron chi connectivity index (χ0n) is 14.1. The molecule has 0 atom stereocenters. The van der Waals surface area contributed by atoms with Crippen molar-refractivity contribution < 1.29 is 22.1 Å². The standard InChI is InChI=1S/C17H16FN3O4S/c1-11-4-3-5-12(8-11)17-20-16(25-21-17)10-19-26(22,23)13-6-7-15(24-2)14(18)9-13/h3-9,19H,10H2,1-2H3. The highest BCUT2D eigenvalue weighted by molar-refractivity contribution is 7.89. The van der Waals surface area contributed by atoms with Crippen molar-refractivity contribution in [1.29, 1.82) is 0 Å². The summed E-state index contributed by atoms with van der Waals surface area (Å²) in [5.74, 6) is -0.351. The van der Waals surface area contributed by atoms with Gasteiger partial charge in [-0.2, -0.15) is 4.98 Å². The minimum atomic E-state index is -3.94. The number of benzene rings is 2. The molecule has 26 heavy (non-hydrogen) atoms. The fraction of sp³-hybridized carbons (Fsp3) is 0.176. The molecule has 2 aromatic carbocycles. The van der Waals surface area contributed by atoms with Gasteiger partial charge in [0.15, 0.2) is 11.6 Å². The van der Waals surface area contributed by atoms with E-state index in [0.29, 0.717) is 5.82 Å². The summed E-state index contributed by atoms with van der Waals surface area (Å²) in [5.41, 5.74) is 1.80. The molecule has 0 aliphatic heterocycles. The summed E-state index contributed by atoms with van der Waals surface area (Å²) < 4.78 is 50.4. The van der Waals surface area contributed by atoms with E-state index in [9.17, 15) is 12.8 Å². The zero-order chi connectivity index (χ0) is 18.7. The first-order valence-corrected chi connectivity index (χ1v) is 9.10. The van der Waals surface area contributed by atoms with Crippen LogP contribution >= 0.6 is 0 Å². The van der Waals surface area contributed by atoms with Crippen molar-refractivity contribution in [2.45, 2.75) is 18.4 Å². The lowest BCUT2D eigenvalue weighted by molar-refractivity contribution is 0.375. The van der Waals surface area contributed by atoms with Crippen LogP contribution in [0.5, 0.6) is 5.75 Å². The van der Waals surface area contributed by atoms with Gasteiger partial charge in [-0.05, 0) is 31.2 Å². The molecule has 3 rings (SSSR count). The molecule has 0 unspecified atom stereocenters. The number of aromatic nitrogens is 2. The largest absolute Gasteiger partial charge is 0.494 e. The number of sulfonamides is 1. The van der Waals surface area contributed by atoms with Crippen LogP contribution < -0.4 is 9.46 Å². The number of nitrogens with zero attached hydrogens (tertiary/aromatic N) is 2. The van der Waals surface area contributed by atoms with E-state index in [1.807, 2.05) is 31.2 Å². The molecule has 0 aliphatic carbocycles. The molecule has 0 radical (unpaired) electrons. The van der Waals surface area contributed by atoms with Gasteiger partial charge in [-0.3, -0.25) is 0 Å². The van der Waals surface area contributed by atoms with E-state index in [1.165, 1.54) is 19.2 Å². The molecule has 0 saturated heterocycles. The number of ether oxygens (including phenoxy) is 1. The Morgan fingerprint density at radius 1 is 1.23 bits per heavy atom. The Bertz CT molecular complexity index is 1030. The Kier molecular flexibility index (Phi) is 5.01. The third-order valence-corrected chi connectivity index (χ3v) is 4.99. The first-order valence-electron chi connectivity index (χ1n) is 7.62. The second-order valence-electron chi connectivity index (χ2n) is 5.50. The summed E-state index contributed by atoms with van der Waals surface area (Å²) in [4.78, 5) is 3.94. The van der Waals surface area contributed by atoms with E-state index < -0.39 is 15.8 Å². The maximum absolute atomic E-state index is 13.7. The van der Waals surface area contributed by atoms with E-state index in [2.05, 4.69) is 14.9 Å². The number of hydrogen-bond donors (Lipinski definition) is 1. The van der Waals surface area contributed by atoms with Crippen molar-refractivity contribution in [3.05, 3.63) is 59.7 Å². The summed E-state index contributed by atoms with van der Waals surface area (Å²) in [6.07, 6.45) is 0. The van der Waals surface area contributed by atoms with E-state index >= 15 is 0 Å². The van der Waals surface area contributed by atoms with E-state index in [-0.39, 0.29) is 23.1 Å². The maximum Gasteiger partial charge on any atom is 0.242 e. The smallest absolute Gasteiger partial charge is 0.242 e. The fourth-order valence-electron chi connectivity index (χ4n) is 2.28. The van der Waals surface area contributed by atoms with Crippen molar-refractivity contribution in [1.82, 2.24) is 14.9 Å². The molecule has 0 bridgehead atoms. The number of rotatable bonds is 6. The van der Waals surface area contributed by atoms with E-state index in [1.54, 1.807) is 0 Å². The van der Waals surface area contributed by atoms with Crippen molar-refractivity contribution in [2.24, 2.45) is 0 Å². The van der Waals surface area contributed by atoms with Gasteiger partial charge in [-0.15, -0.1) is 0 Å². The molecular weight excluding hydrogens is 361 g/mol. The molecule has 9 heteroatoms. The Morgan fingerprint density at radius 3 is 2.73 bits per heavy atom. The van der Waals surface area contributed by atoms with Crippen molar-refractivity contribution in [3.8, 4) is 17.1 Å². The molecule has 0 aliphatic rings. The predicted octanol–water partition coefficient (Wildman–Crippen LogP) is 2.67. The van der Waals surface area contributed by atoms with Gasteiger partial charge in [0.25, 0.3) is 0 Å². The summed E-state index contributed by atoms with van der Waals surface area (Å²) >= 11 is 0. The lowest BCUT2D eigenvalue weighted by atomic mass is 10.1. The number of hydrogen-bond acceptors (Lipinski definition) is 6. The van der Waals surface area contributed by atoms with Crippen LogP contribution in [-0.4, -0.2) is 25.7 Å². The number of halogens is 1. The number of nitrogens with one attached hydrogen (secondary N) is 1. The predicted molar refractivity (Wildman–Crippen MR) is 91.4 cm³/mol. The average Bonchev–Trinajstić information content (AvgIpc) is 3.09. The van der Waals surface area contributed by atoms with Gasteiger partial charge >= 0.3 is 0 Å². The van der Waals surface area contributed by atoms with Gasteiger partial charge in [0.2, 0.25) is 21.7 Å². The molecule has 0 fully saturated rings. The Hall–Kier alpha value is -2.78. The van der Waals surface area contributed by atoms with Crippen LogP contribution in [0.2, 0.25) is 0 Å². The third-order valence-electron chi connectivity index (χ3n) is 3.59. The summed E-state index contributed by atoms with van der Waals surface area (Å²) in [6, 6.07) is 10.9. The van der Waals surface area contributed by atoms with Crippen LogP contribution in [0.15, 0.2) is 51.9 Å². The van der Waals surface area contributed by atoms with Gasteiger partial charge in [0.1, 0.15) is 0 Å². The molecule has 1 aromatic heterocycles. The van der Waals surface area contributed by atoms with Gasteiger partial charge in [-0.25, -0.2) is 17.5 Å². The van der Waals surface area contributed by atoms with E-state index in [0.717, 1.165) is 17.2 Å². The Labute approximate surface area is 149 Å². The number of aryl methyl sites for hydroxylation is 1. The highest BCUT2D eigenvalue weighted by Crippen LogP contribution is 2.21. The molecule has 136 valence electrons. The maximum atomic E-state index is 13.7. The molecule has 3 aromatic rings. The molecule has 7 nitrogen and oxygen atoms in total. The van der Waals surface area contributed by atoms with Crippen LogP contribution in [0.4, 0.5) is 4.39 Å². The van der Waals surface area contributed by atoms with Gasteiger partial charge in [-0.1, -0.05) is 28.9 Å². The van der Waals surface area contributed by atoms with Crippen molar-refractivity contribution in [2.75, 3.05) is 7.11 Å². The average molecular weight is 377 g/mol. The van der Waals surface area contributed by atoms with Crippen molar-refractivity contribution in [3.63, 3.8) is 0 Å². The molecule has 0 spiro atoms. The molecule has 0 saturated carbocycles. The molecular formula is C17H16FN3O4S. The fourth-order valence-corrected chi connectivity index (χ4v) is 3.27. The lowest BCUT2D eigenvalue weighted by Crippen LogP contribution is -2.23. The number of methoxy groups -OCH3 is 1. The van der Waals surface area contributed by atoms with Crippen LogP contribution in [0, 0.1) is 12.7 Å². The monoisotopic (exact) mass is 377 g/mol. The van der Waals surface area contributed by atoms with E-state index in [4.69, 9.17) is 9.26 Å². The first kappa shape index (κ1) is 18.0. The highest BCUT2D eigenvalue weighted by atomic mass is 32.2. The minimum absolute atomic E-state index is 0.0383. The zero-order valence-corrected chi connectivity index (χ0v) is 14.9. The van der Waals surface area contributed by atoms with Crippen LogP contribution in [-0.2, 0) is 16.6 Å². The van der Waals surface area contributed by atoms with Crippen LogP contribution in [0.25, 0.3) is 11.4 Å². The quantitative estimate of drug-likeness (QED) is 0.710. The van der Waals surface area contributed by atoms with Crippen LogP contribution in [0.1, 0.15) is 11.5 Å². The SMILES string of the molecule is COc1ccc(S(=O)(=O)NCc2nc(-c3cccc(C)c3)no2)cc1F. The topological polar surface area (TPSA) is 94.3 Å². The Balaban J connectivity index is 1.73. The summed E-state index contributed by atoms with van der Waals surface area (Å²) in [6.45, 7) is 1.72. The van der Waals surface area contributed by atoms with Gasteiger partial charge < -0.3 is 9.26 Å². The first-order chi connectivity index (χ1) is 12.4. The summed E-state index contributed by atoms with van der Waals surface area (Å²) in [5, 5.41) is 3.84. The highest BCUT2D eigenvalue weighted by Gasteiger charge is 2.18. The minimum Gasteiger partial charge on any atom is -0.494 e. The lowest BCUT2D eigenvalue weighted by Gasteiger charge is -2.06. The molecule has 1 heterocycles. The second-order valence-corrected chi connectivity index (χ2v) is 7.27. The molecule has 1 N–H and O–H groups in total. The summed E-state index contributed by atoms with van der Waals surface area (Å²) in [7, 11) is -2.64. The van der Waals surface area contributed by atoms with Crippen molar-refractivity contribution >= 4 is 10.0 Å². The van der Waals surface area contributed by atoms with Gasteiger partial charge in [0, 0.05) is 5.56 Å². The molecule has 0 amide bonds. The Morgan fingerprint density at radius 2 is 2.04 bits per heavy atom. The third kappa shape index (κ3) is 3.89. The normalized spacial score (nSPS) is 11.5. The second kappa shape index (κ2) is 7.22.